The fraction of sp³-hybridized carbons (Fsp3) is 0.412. The molecule has 2 heterocycles. The molecular weight excluding hydrogens is 306 g/mol. The highest BCUT2D eigenvalue weighted by Crippen LogP contribution is 2.31. The van der Waals surface area contributed by atoms with Gasteiger partial charge in [-0.1, -0.05) is 5.16 Å². The van der Waals surface area contributed by atoms with Crippen LogP contribution in [0.2, 0.25) is 0 Å². The van der Waals surface area contributed by atoms with Gasteiger partial charge in [0, 0.05) is 29.8 Å². The first-order valence-electron chi connectivity index (χ1n) is 8.19. The summed E-state index contributed by atoms with van der Waals surface area (Å²) in [4.78, 5) is 0. The van der Waals surface area contributed by atoms with Gasteiger partial charge in [0.15, 0.2) is 0 Å². The summed E-state index contributed by atoms with van der Waals surface area (Å²) >= 11 is 0. The van der Waals surface area contributed by atoms with Crippen molar-refractivity contribution in [3.63, 3.8) is 0 Å². The van der Waals surface area contributed by atoms with E-state index in [1.54, 1.807) is 6.26 Å². The first kappa shape index (κ1) is 16.5. The summed E-state index contributed by atoms with van der Waals surface area (Å²) in [6.07, 6.45) is 5.50. The molecule has 0 amide bonds. The number of anilines is 1. The lowest BCUT2D eigenvalue weighted by Crippen LogP contribution is -2.11. The molecule has 2 aromatic heterocycles. The molecule has 128 valence electrons. The largest absolute Gasteiger partial charge is 0.382 e. The molecule has 0 spiro atoms. The van der Waals surface area contributed by atoms with Crippen molar-refractivity contribution < 1.29 is 9.26 Å². The number of aromatic nitrogens is 3. The van der Waals surface area contributed by atoms with E-state index >= 15 is 0 Å². The van der Waals surface area contributed by atoms with Crippen LogP contribution in [0.4, 0.5) is 5.69 Å². The zero-order chi connectivity index (χ0) is 16.8. The number of hydrogen-bond donors (Lipinski definition) is 3. The molecule has 0 saturated carbocycles. The van der Waals surface area contributed by atoms with Crippen LogP contribution in [0, 0.1) is 6.92 Å². The van der Waals surface area contributed by atoms with Crippen LogP contribution in [0.3, 0.4) is 0 Å². The van der Waals surface area contributed by atoms with Gasteiger partial charge >= 0.3 is 0 Å². The van der Waals surface area contributed by atoms with E-state index in [-0.39, 0.29) is 0 Å². The third kappa shape index (κ3) is 3.74. The molecule has 0 aliphatic carbocycles. The quantitative estimate of drug-likeness (QED) is 0.522. The van der Waals surface area contributed by atoms with Crippen molar-refractivity contribution >= 4 is 16.6 Å². The van der Waals surface area contributed by atoms with Crippen molar-refractivity contribution in [2.75, 3.05) is 31.6 Å². The van der Waals surface area contributed by atoms with Gasteiger partial charge in [-0.15, -0.1) is 0 Å². The lowest BCUT2D eigenvalue weighted by Gasteiger charge is -2.10. The third-order valence-electron chi connectivity index (χ3n) is 3.92. The molecule has 0 radical (unpaired) electrons. The van der Waals surface area contributed by atoms with E-state index in [2.05, 4.69) is 32.8 Å². The number of aromatic amines is 1. The van der Waals surface area contributed by atoms with Crippen LogP contribution in [0.15, 0.2) is 29.1 Å². The number of aryl methyl sites for hydroxylation is 1. The fourth-order valence-electron chi connectivity index (χ4n) is 2.63. The summed E-state index contributed by atoms with van der Waals surface area (Å²) in [5, 5.41) is 15.6. The first-order chi connectivity index (χ1) is 11.8. The normalized spacial score (nSPS) is 11.2. The average Bonchev–Trinajstić information content (AvgIpc) is 3.22. The summed E-state index contributed by atoms with van der Waals surface area (Å²) in [7, 11) is 0. The number of nitrogens with two attached hydrogens (primary N) is 1. The Morgan fingerprint density at radius 2 is 2.21 bits per heavy atom. The van der Waals surface area contributed by atoms with Crippen LogP contribution in [0.1, 0.15) is 18.5 Å². The number of unbranched alkanes of at least 4 members (excludes halogenated alkanes) is 1. The van der Waals surface area contributed by atoms with E-state index in [1.165, 1.54) is 0 Å². The molecule has 0 bridgehead atoms. The average molecular weight is 329 g/mol. The van der Waals surface area contributed by atoms with Crippen LogP contribution in [0.25, 0.3) is 22.0 Å². The molecule has 0 saturated heterocycles. The molecule has 7 heteroatoms. The number of nitrogens with one attached hydrogen (secondary N) is 2. The molecule has 0 aliphatic rings. The number of fused-ring (bicyclic) bond motifs is 1. The smallest absolute Gasteiger partial charge is 0.131 e. The molecule has 1 aromatic carbocycles. The highest BCUT2D eigenvalue weighted by Gasteiger charge is 2.11. The van der Waals surface area contributed by atoms with Gasteiger partial charge in [-0.2, -0.15) is 5.10 Å². The maximum absolute atomic E-state index is 5.61. The van der Waals surface area contributed by atoms with Gasteiger partial charge in [0.25, 0.3) is 0 Å². The summed E-state index contributed by atoms with van der Waals surface area (Å²) in [6, 6.07) is 4.14. The van der Waals surface area contributed by atoms with E-state index in [4.69, 9.17) is 15.0 Å². The second-order valence-electron chi connectivity index (χ2n) is 5.70. The minimum absolute atomic E-state index is 0.653. The minimum Gasteiger partial charge on any atom is -0.382 e. The predicted molar refractivity (Wildman–Crippen MR) is 93.9 cm³/mol. The number of benzene rings is 1. The Balaban J connectivity index is 1.68. The number of H-pyrrole nitrogens is 1. The van der Waals surface area contributed by atoms with Gasteiger partial charge in [-0.25, -0.2) is 0 Å². The Labute approximate surface area is 140 Å². The Hall–Kier alpha value is -2.38. The summed E-state index contributed by atoms with van der Waals surface area (Å²) in [6.45, 7) is 4.78. The van der Waals surface area contributed by atoms with Gasteiger partial charge in [-0.05, 0) is 44.0 Å². The molecule has 0 fully saturated rings. The molecule has 3 aromatic rings. The minimum atomic E-state index is 0.653. The summed E-state index contributed by atoms with van der Waals surface area (Å²) in [5.41, 5.74) is 10.3. The SMILES string of the molecule is Cc1nocc1-c1cc(NCCOCCCCN)c2cn[nH]c2c1. The molecule has 0 unspecified atom stereocenters. The van der Waals surface area contributed by atoms with Crippen LogP contribution in [-0.2, 0) is 4.74 Å². The van der Waals surface area contributed by atoms with Crippen molar-refractivity contribution in [1.29, 1.82) is 0 Å². The van der Waals surface area contributed by atoms with E-state index < -0.39 is 0 Å². The molecule has 4 N–H and O–H groups in total. The van der Waals surface area contributed by atoms with Gasteiger partial charge < -0.3 is 20.3 Å². The second-order valence-corrected chi connectivity index (χ2v) is 5.70. The number of ether oxygens (including phenoxy) is 1. The molecule has 0 atom stereocenters. The summed E-state index contributed by atoms with van der Waals surface area (Å²) < 4.78 is 10.7. The zero-order valence-corrected chi connectivity index (χ0v) is 13.8. The zero-order valence-electron chi connectivity index (χ0n) is 13.8. The monoisotopic (exact) mass is 329 g/mol. The Morgan fingerprint density at radius 3 is 3.00 bits per heavy atom. The van der Waals surface area contributed by atoms with Crippen molar-refractivity contribution in [3.8, 4) is 11.1 Å². The molecule has 0 aliphatic heterocycles. The lowest BCUT2D eigenvalue weighted by atomic mass is 10.0. The fourth-order valence-corrected chi connectivity index (χ4v) is 2.63. The Morgan fingerprint density at radius 1 is 1.29 bits per heavy atom. The molecule has 24 heavy (non-hydrogen) atoms. The lowest BCUT2D eigenvalue weighted by molar-refractivity contribution is 0.140. The third-order valence-corrected chi connectivity index (χ3v) is 3.92. The van der Waals surface area contributed by atoms with Crippen LogP contribution >= 0.6 is 0 Å². The van der Waals surface area contributed by atoms with Crippen LogP contribution in [0.5, 0.6) is 0 Å². The highest BCUT2D eigenvalue weighted by atomic mass is 16.5. The van der Waals surface area contributed by atoms with Gasteiger partial charge in [0.1, 0.15) is 6.26 Å². The molecular formula is C17H23N5O2. The van der Waals surface area contributed by atoms with E-state index in [1.807, 2.05) is 13.1 Å². The van der Waals surface area contributed by atoms with E-state index in [9.17, 15) is 0 Å². The van der Waals surface area contributed by atoms with Gasteiger partial charge in [-0.3, -0.25) is 5.10 Å². The van der Waals surface area contributed by atoms with Crippen LogP contribution in [-0.4, -0.2) is 41.7 Å². The van der Waals surface area contributed by atoms with Crippen molar-refractivity contribution in [3.05, 3.63) is 30.3 Å². The number of nitrogens with zero attached hydrogens (tertiary/aromatic N) is 2. The Kier molecular flexibility index (Phi) is 5.45. The van der Waals surface area contributed by atoms with E-state index in [0.717, 1.165) is 65.9 Å². The maximum Gasteiger partial charge on any atom is 0.131 e. The topological polar surface area (TPSA) is 102 Å². The van der Waals surface area contributed by atoms with E-state index in [0.29, 0.717) is 6.61 Å². The van der Waals surface area contributed by atoms with Gasteiger partial charge in [0.2, 0.25) is 0 Å². The maximum atomic E-state index is 5.61. The Bertz CT molecular complexity index is 780. The first-order valence-corrected chi connectivity index (χ1v) is 8.19. The standard InChI is InChI=1S/C17H23N5O2/c1-12-15(11-24-22-12)13-8-16(14-10-20-21-17(14)9-13)19-5-7-23-6-3-2-4-18/h8-11,19H,2-7,18H2,1H3,(H,20,21). The van der Waals surface area contributed by atoms with Crippen LogP contribution < -0.4 is 11.1 Å². The second kappa shape index (κ2) is 7.94. The molecule has 7 nitrogen and oxygen atoms in total. The number of rotatable bonds is 9. The van der Waals surface area contributed by atoms with Gasteiger partial charge in [0.05, 0.1) is 24.0 Å². The van der Waals surface area contributed by atoms with Crippen molar-refractivity contribution in [1.82, 2.24) is 15.4 Å². The number of hydrogen-bond acceptors (Lipinski definition) is 6. The summed E-state index contributed by atoms with van der Waals surface area (Å²) in [5.74, 6) is 0. The van der Waals surface area contributed by atoms with Crippen molar-refractivity contribution in [2.24, 2.45) is 5.73 Å². The predicted octanol–water partition coefficient (Wildman–Crippen LogP) is 2.69. The molecule has 3 rings (SSSR count). The highest BCUT2D eigenvalue weighted by molar-refractivity contribution is 5.95. The van der Waals surface area contributed by atoms with Crippen molar-refractivity contribution in [2.45, 2.75) is 19.8 Å².